The second-order valence-electron chi connectivity index (χ2n) is 6.48. The lowest BCUT2D eigenvalue weighted by Gasteiger charge is -2.41. The first-order valence-electron chi connectivity index (χ1n) is 8.94. The van der Waals surface area contributed by atoms with Crippen molar-refractivity contribution in [2.24, 2.45) is 0 Å². The van der Waals surface area contributed by atoms with Crippen molar-refractivity contribution in [3.63, 3.8) is 0 Å². The van der Waals surface area contributed by atoms with Crippen LogP contribution >= 0.6 is 0 Å². The predicted octanol–water partition coefficient (Wildman–Crippen LogP) is 3.19. The van der Waals surface area contributed by atoms with Gasteiger partial charge in [-0.1, -0.05) is 26.2 Å². The molecule has 0 radical (unpaired) electrons. The zero-order chi connectivity index (χ0) is 14.2. The van der Waals surface area contributed by atoms with Crippen LogP contribution in [-0.4, -0.2) is 49.3 Å². The summed E-state index contributed by atoms with van der Waals surface area (Å²) in [5, 5.41) is 3.82. The van der Waals surface area contributed by atoms with Crippen molar-refractivity contribution in [3.8, 4) is 0 Å². The molecule has 0 spiro atoms. The molecular weight excluding hydrogens is 248 g/mol. The van der Waals surface area contributed by atoms with Gasteiger partial charge in [-0.15, -0.1) is 0 Å². The maximum atomic E-state index is 5.89. The summed E-state index contributed by atoms with van der Waals surface area (Å²) in [5.74, 6) is 0. The quantitative estimate of drug-likeness (QED) is 0.757. The van der Waals surface area contributed by atoms with E-state index in [4.69, 9.17) is 4.74 Å². The highest BCUT2D eigenvalue weighted by Crippen LogP contribution is 2.26. The maximum Gasteiger partial charge on any atom is 0.0702 e. The minimum absolute atomic E-state index is 0.476. The third-order valence-electron chi connectivity index (χ3n) is 4.92. The van der Waals surface area contributed by atoms with E-state index in [0.29, 0.717) is 12.1 Å². The average molecular weight is 282 g/mol. The van der Waals surface area contributed by atoms with Crippen molar-refractivity contribution in [3.05, 3.63) is 0 Å². The predicted molar refractivity (Wildman–Crippen MR) is 85.2 cm³/mol. The van der Waals surface area contributed by atoms with E-state index in [2.05, 4.69) is 24.1 Å². The van der Waals surface area contributed by atoms with Crippen molar-refractivity contribution < 1.29 is 4.74 Å². The minimum atomic E-state index is 0.476. The zero-order valence-electron chi connectivity index (χ0n) is 13.6. The first-order chi connectivity index (χ1) is 9.85. The lowest BCUT2D eigenvalue weighted by atomic mass is 9.97. The fourth-order valence-electron chi connectivity index (χ4n) is 3.93. The van der Waals surface area contributed by atoms with Gasteiger partial charge in [-0.3, -0.25) is 4.90 Å². The number of likely N-dealkylation sites (tertiary alicyclic amines) is 1. The van der Waals surface area contributed by atoms with Gasteiger partial charge in [0.05, 0.1) is 6.10 Å². The van der Waals surface area contributed by atoms with Crippen molar-refractivity contribution in [1.82, 2.24) is 10.2 Å². The molecule has 3 nitrogen and oxygen atoms in total. The highest BCUT2D eigenvalue weighted by Gasteiger charge is 2.31. The topological polar surface area (TPSA) is 24.5 Å². The Hall–Kier alpha value is -0.120. The molecule has 3 atom stereocenters. The maximum absolute atomic E-state index is 5.89. The molecule has 0 bridgehead atoms. The summed E-state index contributed by atoms with van der Waals surface area (Å²) in [7, 11) is 0. The summed E-state index contributed by atoms with van der Waals surface area (Å²) >= 11 is 0. The molecule has 2 aliphatic rings. The summed E-state index contributed by atoms with van der Waals surface area (Å²) in [6.45, 7) is 8.85. The molecule has 0 amide bonds. The van der Waals surface area contributed by atoms with E-state index in [9.17, 15) is 0 Å². The molecule has 1 aliphatic heterocycles. The smallest absolute Gasteiger partial charge is 0.0702 e. The van der Waals surface area contributed by atoms with Crippen LogP contribution in [-0.2, 0) is 4.74 Å². The molecule has 1 saturated carbocycles. The Bertz CT molecular complexity index is 257. The first-order valence-corrected chi connectivity index (χ1v) is 8.94. The number of piperidine rings is 1. The molecule has 2 fully saturated rings. The molecule has 1 saturated heterocycles. The van der Waals surface area contributed by atoms with Crippen LogP contribution < -0.4 is 5.32 Å². The van der Waals surface area contributed by atoms with Gasteiger partial charge in [0.25, 0.3) is 0 Å². The highest BCUT2D eigenvalue weighted by molar-refractivity contribution is 4.89. The molecular formula is C17H34N2O. The Balaban J connectivity index is 1.93. The zero-order valence-corrected chi connectivity index (χ0v) is 13.6. The number of nitrogens with one attached hydrogen (secondary N) is 1. The molecule has 1 N–H and O–H groups in total. The van der Waals surface area contributed by atoms with Crippen LogP contribution in [0.2, 0.25) is 0 Å². The Morgan fingerprint density at radius 3 is 2.70 bits per heavy atom. The number of hydrogen-bond donors (Lipinski definition) is 1. The SMILES string of the molecule is CCCNC1CCCCCC1N1CCCC(OCC)C1. The number of nitrogens with zero attached hydrogens (tertiary/aromatic N) is 1. The van der Waals surface area contributed by atoms with Crippen LogP contribution in [0, 0.1) is 0 Å². The van der Waals surface area contributed by atoms with Crippen molar-refractivity contribution in [2.75, 3.05) is 26.2 Å². The fourth-order valence-corrected chi connectivity index (χ4v) is 3.93. The second-order valence-corrected chi connectivity index (χ2v) is 6.48. The largest absolute Gasteiger partial charge is 0.377 e. The summed E-state index contributed by atoms with van der Waals surface area (Å²) in [6, 6.07) is 1.45. The lowest BCUT2D eigenvalue weighted by molar-refractivity contribution is -0.0138. The fraction of sp³-hybridized carbons (Fsp3) is 1.00. The minimum Gasteiger partial charge on any atom is -0.377 e. The lowest BCUT2D eigenvalue weighted by Crippen LogP contribution is -2.54. The van der Waals surface area contributed by atoms with Crippen LogP contribution in [0.25, 0.3) is 0 Å². The Labute approximate surface area is 125 Å². The van der Waals surface area contributed by atoms with Gasteiger partial charge in [0.15, 0.2) is 0 Å². The van der Waals surface area contributed by atoms with E-state index in [1.165, 1.54) is 64.5 Å². The molecule has 20 heavy (non-hydrogen) atoms. The summed E-state index contributed by atoms with van der Waals surface area (Å²) in [4.78, 5) is 2.74. The molecule has 1 heterocycles. The molecule has 3 heteroatoms. The van der Waals surface area contributed by atoms with Crippen LogP contribution in [0.3, 0.4) is 0 Å². The van der Waals surface area contributed by atoms with E-state index in [-0.39, 0.29) is 0 Å². The normalized spacial score (nSPS) is 33.0. The molecule has 0 aromatic heterocycles. The summed E-state index contributed by atoms with van der Waals surface area (Å²) in [5.41, 5.74) is 0. The van der Waals surface area contributed by atoms with Crippen molar-refractivity contribution in [2.45, 2.75) is 83.4 Å². The Morgan fingerprint density at radius 2 is 1.90 bits per heavy atom. The van der Waals surface area contributed by atoms with Crippen molar-refractivity contribution in [1.29, 1.82) is 0 Å². The standard InChI is InChI=1S/C17H34N2O/c1-3-12-18-16-10-6-5-7-11-17(16)19-13-8-9-15(14-19)20-4-2/h15-18H,3-14H2,1-2H3. The number of hydrogen-bond acceptors (Lipinski definition) is 3. The van der Waals surface area contributed by atoms with Gasteiger partial charge in [0.2, 0.25) is 0 Å². The molecule has 3 unspecified atom stereocenters. The second kappa shape index (κ2) is 9.01. The van der Waals surface area contributed by atoms with E-state index in [1.54, 1.807) is 0 Å². The van der Waals surface area contributed by atoms with Gasteiger partial charge >= 0.3 is 0 Å². The van der Waals surface area contributed by atoms with E-state index < -0.39 is 0 Å². The third-order valence-corrected chi connectivity index (χ3v) is 4.92. The molecule has 0 aromatic rings. The highest BCUT2D eigenvalue weighted by atomic mass is 16.5. The van der Waals surface area contributed by atoms with Gasteiger partial charge in [-0.25, -0.2) is 0 Å². The molecule has 1 aliphatic carbocycles. The van der Waals surface area contributed by atoms with Crippen LogP contribution in [0.5, 0.6) is 0 Å². The first kappa shape index (κ1) is 16.3. The average Bonchev–Trinajstić information content (AvgIpc) is 2.71. The van der Waals surface area contributed by atoms with Gasteiger partial charge < -0.3 is 10.1 Å². The van der Waals surface area contributed by atoms with Gasteiger partial charge in [-0.2, -0.15) is 0 Å². The van der Waals surface area contributed by atoms with Gasteiger partial charge in [-0.05, 0) is 52.1 Å². The van der Waals surface area contributed by atoms with Crippen LogP contribution in [0.1, 0.15) is 65.2 Å². The number of ether oxygens (including phenoxy) is 1. The van der Waals surface area contributed by atoms with Crippen molar-refractivity contribution >= 4 is 0 Å². The van der Waals surface area contributed by atoms with Gasteiger partial charge in [0.1, 0.15) is 0 Å². The van der Waals surface area contributed by atoms with E-state index >= 15 is 0 Å². The summed E-state index contributed by atoms with van der Waals surface area (Å²) < 4.78 is 5.89. The molecule has 0 aromatic carbocycles. The van der Waals surface area contributed by atoms with E-state index in [0.717, 1.165) is 19.2 Å². The summed E-state index contributed by atoms with van der Waals surface area (Å²) in [6.07, 6.45) is 11.2. The Kier molecular flexibility index (Phi) is 7.32. The molecule has 118 valence electrons. The number of rotatable bonds is 6. The molecule has 2 rings (SSSR count). The third kappa shape index (κ3) is 4.71. The van der Waals surface area contributed by atoms with Crippen LogP contribution in [0.4, 0.5) is 0 Å². The van der Waals surface area contributed by atoms with Crippen LogP contribution in [0.15, 0.2) is 0 Å². The monoisotopic (exact) mass is 282 g/mol. The van der Waals surface area contributed by atoms with E-state index in [1.807, 2.05) is 0 Å². The van der Waals surface area contributed by atoms with Gasteiger partial charge in [0, 0.05) is 25.2 Å². The Morgan fingerprint density at radius 1 is 1.05 bits per heavy atom.